The Morgan fingerprint density at radius 3 is 2.26 bits per heavy atom. The van der Waals surface area contributed by atoms with Gasteiger partial charge in [-0.3, -0.25) is 14.4 Å². The summed E-state index contributed by atoms with van der Waals surface area (Å²) < 4.78 is 17.1. The van der Waals surface area contributed by atoms with E-state index >= 15 is 0 Å². The molecule has 0 aromatic heterocycles. The van der Waals surface area contributed by atoms with E-state index in [0.29, 0.717) is 19.4 Å². The third kappa shape index (κ3) is 18.2. The van der Waals surface area contributed by atoms with E-state index in [9.17, 15) is 14.4 Å². The van der Waals surface area contributed by atoms with Crippen LogP contribution in [0.15, 0.2) is 54.6 Å². The Hall–Kier alpha value is -2.97. The SMILES string of the molecule is CCCCCC=CCC=CCCCCCCCC(=O)NC(COC(=O)CCNC(=O)C1OC(C)(C)OCC1(C)C)Cc1ccccc1. The molecule has 2 amide bonds. The first-order chi connectivity index (χ1) is 22.5. The normalized spacial score (nSPS) is 17.9. The average Bonchev–Trinajstić information content (AvgIpc) is 3.03. The number of carbonyl (C=O) groups is 3. The smallest absolute Gasteiger partial charge is 0.307 e. The lowest BCUT2D eigenvalue weighted by Gasteiger charge is -2.44. The number of amides is 2. The van der Waals surface area contributed by atoms with Gasteiger partial charge in [0.1, 0.15) is 12.7 Å². The lowest BCUT2D eigenvalue weighted by atomic mass is 9.85. The van der Waals surface area contributed by atoms with Gasteiger partial charge in [0.05, 0.1) is 19.1 Å². The van der Waals surface area contributed by atoms with Crippen LogP contribution in [-0.2, 0) is 35.0 Å². The van der Waals surface area contributed by atoms with E-state index in [1.807, 2.05) is 44.2 Å². The van der Waals surface area contributed by atoms with Crippen molar-refractivity contribution in [3.63, 3.8) is 0 Å². The monoisotopic (exact) mass is 654 g/mol. The van der Waals surface area contributed by atoms with Crippen LogP contribution >= 0.6 is 0 Å². The first-order valence-corrected chi connectivity index (χ1v) is 17.9. The minimum absolute atomic E-state index is 0.0246. The fourth-order valence-electron chi connectivity index (χ4n) is 5.41. The summed E-state index contributed by atoms with van der Waals surface area (Å²) >= 11 is 0. The first-order valence-electron chi connectivity index (χ1n) is 17.9. The second-order valence-corrected chi connectivity index (χ2v) is 13.8. The van der Waals surface area contributed by atoms with Crippen molar-refractivity contribution in [2.45, 2.75) is 142 Å². The number of rotatable bonds is 23. The standard InChI is InChI=1S/C39H62N2O6/c1-6-7-8-9-10-11-12-13-14-15-16-17-18-19-23-26-34(42)41-33(29-32-24-21-20-22-25-32)30-45-35(43)27-28-40-37(44)36-38(2,3)31-46-39(4,5)47-36/h10-11,13-14,20-22,24-25,33,36H,6-9,12,15-19,23,26-31H2,1-5H3,(H,40,44)(H,41,42). The molecule has 1 aliphatic heterocycles. The van der Waals surface area contributed by atoms with Crippen molar-refractivity contribution in [3.05, 3.63) is 60.2 Å². The summed E-state index contributed by atoms with van der Waals surface area (Å²) in [6.45, 7) is 10.2. The molecule has 1 aromatic rings. The maximum absolute atomic E-state index is 12.8. The summed E-state index contributed by atoms with van der Waals surface area (Å²) in [6, 6.07) is 9.52. The zero-order valence-corrected chi connectivity index (χ0v) is 29.8. The zero-order chi connectivity index (χ0) is 34.4. The summed E-state index contributed by atoms with van der Waals surface area (Å²) in [5, 5.41) is 5.88. The highest BCUT2D eigenvalue weighted by molar-refractivity contribution is 5.82. The Labute approximate surface area is 284 Å². The van der Waals surface area contributed by atoms with Gasteiger partial charge in [0.25, 0.3) is 0 Å². The molecule has 0 spiro atoms. The minimum atomic E-state index is -0.850. The molecule has 1 aromatic carbocycles. The first kappa shape index (κ1) is 40.2. The molecule has 2 rings (SSSR count). The molecule has 47 heavy (non-hydrogen) atoms. The fourth-order valence-corrected chi connectivity index (χ4v) is 5.41. The van der Waals surface area contributed by atoms with E-state index in [0.717, 1.165) is 37.7 Å². The summed E-state index contributed by atoms with van der Waals surface area (Å²) in [5.74, 6) is -1.58. The summed E-state index contributed by atoms with van der Waals surface area (Å²) in [5.41, 5.74) is 0.561. The van der Waals surface area contributed by atoms with Gasteiger partial charge in [0.2, 0.25) is 11.8 Å². The lowest BCUT2D eigenvalue weighted by Crippen LogP contribution is -2.56. The number of ether oxygens (including phenoxy) is 3. The summed E-state index contributed by atoms with van der Waals surface area (Å²) in [4.78, 5) is 38.2. The predicted molar refractivity (Wildman–Crippen MR) is 189 cm³/mol. The van der Waals surface area contributed by atoms with Crippen molar-refractivity contribution in [1.29, 1.82) is 0 Å². The third-order valence-electron chi connectivity index (χ3n) is 8.26. The largest absolute Gasteiger partial charge is 0.463 e. The number of hydrogen-bond acceptors (Lipinski definition) is 6. The second-order valence-electron chi connectivity index (χ2n) is 13.8. The number of unbranched alkanes of at least 4 members (excludes halogenated alkanes) is 8. The predicted octanol–water partition coefficient (Wildman–Crippen LogP) is 7.75. The van der Waals surface area contributed by atoms with Crippen LogP contribution in [0.25, 0.3) is 0 Å². The van der Waals surface area contributed by atoms with Crippen molar-refractivity contribution in [2.75, 3.05) is 19.8 Å². The Morgan fingerprint density at radius 2 is 1.55 bits per heavy atom. The Kier molecular flexibility index (Phi) is 19.3. The van der Waals surface area contributed by atoms with E-state index in [1.165, 1.54) is 38.5 Å². The molecule has 8 heteroatoms. The molecule has 1 heterocycles. The Morgan fingerprint density at radius 1 is 0.894 bits per heavy atom. The van der Waals surface area contributed by atoms with Crippen LogP contribution in [0, 0.1) is 5.41 Å². The zero-order valence-electron chi connectivity index (χ0n) is 29.8. The quantitative estimate of drug-likeness (QED) is 0.0711. The molecule has 264 valence electrons. The molecule has 0 radical (unpaired) electrons. The van der Waals surface area contributed by atoms with Gasteiger partial charge in [-0.15, -0.1) is 0 Å². The van der Waals surface area contributed by atoms with E-state index in [1.54, 1.807) is 13.8 Å². The van der Waals surface area contributed by atoms with Gasteiger partial charge in [0, 0.05) is 18.4 Å². The van der Waals surface area contributed by atoms with Crippen molar-refractivity contribution in [1.82, 2.24) is 10.6 Å². The van der Waals surface area contributed by atoms with Crippen LogP contribution < -0.4 is 10.6 Å². The van der Waals surface area contributed by atoms with Crippen LogP contribution in [0.1, 0.15) is 124 Å². The molecular formula is C39H62N2O6. The highest BCUT2D eigenvalue weighted by Gasteiger charge is 2.45. The molecule has 0 aliphatic carbocycles. The average molecular weight is 655 g/mol. The molecule has 0 bridgehead atoms. The highest BCUT2D eigenvalue weighted by atomic mass is 16.7. The molecule has 2 N–H and O–H groups in total. The van der Waals surface area contributed by atoms with Gasteiger partial charge in [-0.25, -0.2) is 0 Å². The topological polar surface area (TPSA) is 103 Å². The maximum atomic E-state index is 12.8. The van der Waals surface area contributed by atoms with Gasteiger partial charge in [0.15, 0.2) is 5.79 Å². The van der Waals surface area contributed by atoms with Crippen LogP contribution in [-0.4, -0.2) is 55.5 Å². The number of esters is 1. The minimum Gasteiger partial charge on any atom is -0.463 e. The molecular weight excluding hydrogens is 592 g/mol. The van der Waals surface area contributed by atoms with Crippen molar-refractivity contribution in [3.8, 4) is 0 Å². The molecule has 8 nitrogen and oxygen atoms in total. The molecule has 1 saturated heterocycles. The third-order valence-corrected chi connectivity index (χ3v) is 8.26. The molecule has 2 unspecified atom stereocenters. The van der Waals surface area contributed by atoms with Crippen LogP contribution in [0.3, 0.4) is 0 Å². The molecule has 0 saturated carbocycles. The number of carbonyl (C=O) groups excluding carboxylic acids is 3. The van der Waals surface area contributed by atoms with E-state index in [-0.39, 0.29) is 37.4 Å². The number of benzene rings is 1. The van der Waals surface area contributed by atoms with Gasteiger partial charge >= 0.3 is 5.97 Å². The van der Waals surface area contributed by atoms with Crippen molar-refractivity contribution < 1.29 is 28.6 Å². The molecule has 1 fully saturated rings. The number of nitrogens with one attached hydrogen (secondary N) is 2. The highest BCUT2D eigenvalue weighted by Crippen LogP contribution is 2.34. The van der Waals surface area contributed by atoms with E-state index in [4.69, 9.17) is 14.2 Å². The van der Waals surface area contributed by atoms with Gasteiger partial charge in [-0.2, -0.15) is 0 Å². The molecule has 1 aliphatic rings. The summed E-state index contributed by atoms with van der Waals surface area (Å²) in [6.07, 6.45) is 22.0. The van der Waals surface area contributed by atoms with E-state index in [2.05, 4.69) is 41.9 Å². The fraction of sp³-hybridized carbons (Fsp3) is 0.667. The summed E-state index contributed by atoms with van der Waals surface area (Å²) in [7, 11) is 0. The second kappa shape index (κ2) is 22.6. The lowest BCUT2D eigenvalue weighted by molar-refractivity contribution is -0.304. The van der Waals surface area contributed by atoms with Crippen molar-refractivity contribution >= 4 is 17.8 Å². The molecule has 2 atom stereocenters. The number of hydrogen-bond donors (Lipinski definition) is 2. The maximum Gasteiger partial charge on any atom is 0.307 e. The van der Waals surface area contributed by atoms with Crippen LogP contribution in [0.5, 0.6) is 0 Å². The van der Waals surface area contributed by atoms with Gasteiger partial charge < -0.3 is 24.8 Å². The Balaban J connectivity index is 1.66. The van der Waals surface area contributed by atoms with Gasteiger partial charge in [-0.1, -0.05) is 108 Å². The van der Waals surface area contributed by atoms with Crippen LogP contribution in [0.4, 0.5) is 0 Å². The van der Waals surface area contributed by atoms with Crippen LogP contribution in [0.2, 0.25) is 0 Å². The van der Waals surface area contributed by atoms with Crippen molar-refractivity contribution in [2.24, 2.45) is 5.41 Å². The number of allylic oxidation sites excluding steroid dienone is 4. The van der Waals surface area contributed by atoms with E-state index < -0.39 is 23.3 Å². The Bertz CT molecular complexity index is 1100. The van der Waals surface area contributed by atoms with Gasteiger partial charge in [-0.05, 0) is 64.4 Å².